The van der Waals surface area contributed by atoms with Gasteiger partial charge >= 0.3 is 5.97 Å². The van der Waals surface area contributed by atoms with E-state index in [1.165, 1.54) is 12.3 Å². The van der Waals surface area contributed by atoms with Gasteiger partial charge in [-0.05, 0) is 25.8 Å². The first kappa shape index (κ1) is 13.1. The van der Waals surface area contributed by atoms with Crippen LogP contribution in [0.15, 0.2) is 12.3 Å². The SMILES string of the molecule is CC1(Nc2ncc(C(=O)O)cc2Cl)CCOCC1. The van der Waals surface area contributed by atoms with Gasteiger partial charge in [-0.1, -0.05) is 11.6 Å². The van der Waals surface area contributed by atoms with Crippen LogP contribution in [-0.2, 0) is 4.74 Å². The monoisotopic (exact) mass is 270 g/mol. The van der Waals surface area contributed by atoms with Gasteiger partial charge in [0, 0.05) is 24.9 Å². The van der Waals surface area contributed by atoms with Crippen molar-refractivity contribution in [3.63, 3.8) is 0 Å². The molecule has 0 saturated carbocycles. The van der Waals surface area contributed by atoms with Crippen LogP contribution >= 0.6 is 11.6 Å². The Morgan fingerprint density at radius 1 is 1.56 bits per heavy atom. The van der Waals surface area contributed by atoms with E-state index in [2.05, 4.69) is 17.2 Å². The number of halogens is 1. The molecular weight excluding hydrogens is 256 g/mol. The molecule has 1 fully saturated rings. The number of aromatic nitrogens is 1. The van der Waals surface area contributed by atoms with Crippen molar-refractivity contribution >= 4 is 23.4 Å². The van der Waals surface area contributed by atoms with Gasteiger partial charge in [-0.3, -0.25) is 0 Å². The molecule has 98 valence electrons. The molecule has 0 amide bonds. The Morgan fingerprint density at radius 3 is 2.78 bits per heavy atom. The highest BCUT2D eigenvalue weighted by Crippen LogP contribution is 2.28. The molecule has 6 heteroatoms. The molecule has 18 heavy (non-hydrogen) atoms. The minimum Gasteiger partial charge on any atom is -0.478 e. The first-order chi connectivity index (χ1) is 8.50. The molecule has 2 heterocycles. The predicted molar refractivity (Wildman–Crippen MR) is 68.3 cm³/mol. The number of rotatable bonds is 3. The van der Waals surface area contributed by atoms with Gasteiger partial charge in [0.1, 0.15) is 5.82 Å². The molecule has 0 aliphatic carbocycles. The number of aromatic carboxylic acids is 1. The number of carboxylic acid groups (broad SMARTS) is 1. The topological polar surface area (TPSA) is 71.5 Å². The van der Waals surface area contributed by atoms with Crippen LogP contribution < -0.4 is 5.32 Å². The number of carbonyl (C=O) groups is 1. The van der Waals surface area contributed by atoms with Gasteiger partial charge in [-0.15, -0.1) is 0 Å². The maximum absolute atomic E-state index is 10.8. The molecule has 1 aromatic heterocycles. The average molecular weight is 271 g/mol. The molecule has 5 nitrogen and oxygen atoms in total. The summed E-state index contributed by atoms with van der Waals surface area (Å²) in [7, 11) is 0. The van der Waals surface area contributed by atoms with E-state index in [-0.39, 0.29) is 11.1 Å². The molecule has 2 rings (SSSR count). The molecule has 1 aromatic rings. The van der Waals surface area contributed by atoms with Crippen LogP contribution in [0.3, 0.4) is 0 Å². The maximum Gasteiger partial charge on any atom is 0.337 e. The van der Waals surface area contributed by atoms with E-state index in [9.17, 15) is 4.79 Å². The molecule has 2 N–H and O–H groups in total. The number of pyridine rings is 1. The third-order valence-electron chi connectivity index (χ3n) is 3.10. The van der Waals surface area contributed by atoms with Crippen molar-refractivity contribution in [3.8, 4) is 0 Å². The second-order valence-corrected chi connectivity index (χ2v) is 5.06. The summed E-state index contributed by atoms with van der Waals surface area (Å²) in [5, 5.41) is 12.4. The number of hydrogen-bond donors (Lipinski definition) is 2. The Bertz CT molecular complexity index is 459. The Labute approximate surface area is 110 Å². The van der Waals surface area contributed by atoms with Crippen LogP contribution in [0.1, 0.15) is 30.1 Å². The van der Waals surface area contributed by atoms with Crippen LogP contribution in [-0.4, -0.2) is 34.8 Å². The zero-order valence-corrected chi connectivity index (χ0v) is 10.8. The lowest BCUT2D eigenvalue weighted by molar-refractivity contribution is 0.0657. The molecule has 0 spiro atoms. The predicted octanol–water partition coefficient (Wildman–Crippen LogP) is 2.41. The third-order valence-corrected chi connectivity index (χ3v) is 3.39. The van der Waals surface area contributed by atoms with E-state index >= 15 is 0 Å². The zero-order chi connectivity index (χ0) is 13.2. The van der Waals surface area contributed by atoms with Crippen LogP contribution in [0, 0.1) is 0 Å². The lowest BCUT2D eigenvalue weighted by atomic mass is 9.92. The minimum absolute atomic E-state index is 0.0858. The van der Waals surface area contributed by atoms with Crippen LogP contribution in [0.25, 0.3) is 0 Å². The van der Waals surface area contributed by atoms with E-state index in [0.717, 1.165) is 12.8 Å². The fourth-order valence-electron chi connectivity index (χ4n) is 1.88. The second kappa shape index (κ2) is 5.12. The highest BCUT2D eigenvalue weighted by Gasteiger charge is 2.28. The first-order valence-corrected chi connectivity index (χ1v) is 6.13. The van der Waals surface area contributed by atoms with Gasteiger partial charge in [0.2, 0.25) is 0 Å². The molecule has 1 saturated heterocycles. The fraction of sp³-hybridized carbons (Fsp3) is 0.500. The van der Waals surface area contributed by atoms with Crippen molar-refractivity contribution in [1.29, 1.82) is 0 Å². The zero-order valence-electron chi connectivity index (χ0n) is 10.1. The van der Waals surface area contributed by atoms with Gasteiger partial charge in [0.25, 0.3) is 0 Å². The number of anilines is 1. The summed E-state index contributed by atoms with van der Waals surface area (Å²) in [6, 6.07) is 1.40. The van der Waals surface area contributed by atoms with Crippen molar-refractivity contribution in [1.82, 2.24) is 4.98 Å². The molecule has 1 aliphatic rings. The van der Waals surface area contributed by atoms with Gasteiger partial charge in [0.05, 0.1) is 10.6 Å². The molecular formula is C12H15ClN2O3. The van der Waals surface area contributed by atoms with Gasteiger partial charge < -0.3 is 15.2 Å². The van der Waals surface area contributed by atoms with Gasteiger partial charge in [-0.2, -0.15) is 0 Å². The Kier molecular flexibility index (Phi) is 3.73. The fourth-order valence-corrected chi connectivity index (χ4v) is 2.09. The lowest BCUT2D eigenvalue weighted by Crippen LogP contribution is -2.41. The number of nitrogens with one attached hydrogen (secondary N) is 1. The van der Waals surface area contributed by atoms with E-state index in [1.807, 2.05) is 0 Å². The van der Waals surface area contributed by atoms with E-state index in [4.69, 9.17) is 21.4 Å². The van der Waals surface area contributed by atoms with Gasteiger partial charge in [0.15, 0.2) is 0 Å². The maximum atomic E-state index is 10.8. The molecule has 0 bridgehead atoms. The number of nitrogens with zero attached hydrogens (tertiary/aromatic N) is 1. The Balaban J connectivity index is 2.16. The highest BCUT2D eigenvalue weighted by molar-refractivity contribution is 6.33. The average Bonchev–Trinajstić information content (AvgIpc) is 2.32. The van der Waals surface area contributed by atoms with Crippen molar-refractivity contribution < 1.29 is 14.6 Å². The molecule has 0 unspecified atom stereocenters. The van der Waals surface area contributed by atoms with Crippen molar-refractivity contribution in [2.75, 3.05) is 18.5 Å². The van der Waals surface area contributed by atoms with Gasteiger partial charge in [-0.25, -0.2) is 9.78 Å². The normalized spacial score (nSPS) is 18.3. The molecule has 0 aromatic carbocycles. The summed E-state index contributed by atoms with van der Waals surface area (Å²) in [6.45, 7) is 3.49. The standard InChI is InChI=1S/C12H15ClN2O3/c1-12(2-4-18-5-3-12)15-10-9(13)6-8(7-14-10)11(16)17/h6-7H,2-5H2,1H3,(H,14,15)(H,16,17). The first-order valence-electron chi connectivity index (χ1n) is 5.75. The Morgan fingerprint density at radius 2 is 2.22 bits per heavy atom. The molecule has 0 radical (unpaired) electrons. The summed E-state index contributed by atoms with van der Waals surface area (Å²) >= 11 is 6.04. The van der Waals surface area contributed by atoms with Crippen LogP contribution in [0.4, 0.5) is 5.82 Å². The minimum atomic E-state index is -1.03. The number of ether oxygens (including phenoxy) is 1. The molecule has 1 aliphatic heterocycles. The number of carboxylic acids is 1. The van der Waals surface area contributed by atoms with E-state index < -0.39 is 5.97 Å². The molecule has 0 atom stereocenters. The van der Waals surface area contributed by atoms with Crippen molar-refractivity contribution in [2.24, 2.45) is 0 Å². The smallest absolute Gasteiger partial charge is 0.337 e. The highest BCUT2D eigenvalue weighted by atomic mass is 35.5. The van der Waals surface area contributed by atoms with E-state index in [1.54, 1.807) is 0 Å². The summed E-state index contributed by atoms with van der Waals surface area (Å²) in [5.74, 6) is -0.515. The summed E-state index contributed by atoms with van der Waals surface area (Å²) in [5.41, 5.74) is -0.0257. The van der Waals surface area contributed by atoms with Crippen molar-refractivity contribution in [2.45, 2.75) is 25.3 Å². The lowest BCUT2D eigenvalue weighted by Gasteiger charge is -2.35. The van der Waals surface area contributed by atoms with Crippen molar-refractivity contribution in [3.05, 3.63) is 22.8 Å². The van der Waals surface area contributed by atoms with E-state index in [0.29, 0.717) is 24.1 Å². The summed E-state index contributed by atoms with van der Waals surface area (Å²) in [4.78, 5) is 14.9. The number of hydrogen-bond acceptors (Lipinski definition) is 4. The Hall–Kier alpha value is -1.33. The quantitative estimate of drug-likeness (QED) is 0.883. The second-order valence-electron chi connectivity index (χ2n) is 4.66. The van der Waals surface area contributed by atoms with Crippen LogP contribution in [0.2, 0.25) is 5.02 Å². The largest absolute Gasteiger partial charge is 0.478 e. The van der Waals surface area contributed by atoms with Crippen LogP contribution in [0.5, 0.6) is 0 Å². The summed E-state index contributed by atoms with van der Waals surface area (Å²) in [6.07, 6.45) is 3.04. The third kappa shape index (κ3) is 2.91. The summed E-state index contributed by atoms with van der Waals surface area (Å²) < 4.78 is 5.31.